The molecule has 0 bridgehead atoms. The molecule has 2 N–H and O–H groups in total. The third-order valence-corrected chi connectivity index (χ3v) is 3.85. The van der Waals surface area contributed by atoms with Crippen LogP contribution < -0.4 is 10.2 Å². The second kappa shape index (κ2) is 7.33. The molecule has 0 aliphatic heterocycles. The molecule has 0 amide bonds. The minimum absolute atomic E-state index is 0.0467. The Morgan fingerprint density at radius 2 is 1.75 bits per heavy atom. The van der Waals surface area contributed by atoms with Gasteiger partial charge in [-0.3, -0.25) is 4.79 Å². The zero-order valence-electron chi connectivity index (χ0n) is 14.7. The molecule has 0 unspecified atom stereocenters. The molecule has 0 saturated carbocycles. The molecule has 1 rings (SSSR count). The van der Waals surface area contributed by atoms with E-state index in [1.807, 2.05) is 0 Å². The van der Waals surface area contributed by atoms with Gasteiger partial charge < -0.3 is 24.3 Å². The van der Waals surface area contributed by atoms with Gasteiger partial charge in [-0.05, 0) is 45.3 Å². The number of methoxy groups -OCH3 is 1. The molecule has 1 aromatic carbocycles. The van der Waals surface area contributed by atoms with Crippen molar-refractivity contribution in [1.82, 2.24) is 0 Å². The van der Waals surface area contributed by atoms with Crippen molar-refractivity contribution in [1.29, 1.82) is 0 Å². The summed E-state index contributed by atoms with van der Waals surface area (Å²) >= 11 is 0. The number of esters is 2. The molecule has 0 heterocycles. The van der Waals surface area contributed by atoms with E-state index in [1.165, 1.54) is 25.3 Å². The van der Waals surface area contributed by atoms with Crippen LogP contribution in [0.15, 0.2) is 18.2 Å². The Balaban J connectivity index is 3.06. The van der Waals surface area contributed by atoms with Crippen molar-refractivity contribution in [2.75, 3.05) is 7.11 Å². The molecule has 0 aliphatic rings. The molecule has 0 radical (unpaired) electrons. The number of hydrogen-bond donors (Lipinski definition) is 2. The Morgan fingerprint density at radius 3 is 2.21 bits per heavy atom. The first-order chi connectivity index (χ1) is 10.9. The van der Waals surface area contributed by atoms with Crippen molar-refractivity contribution in [3.05, 3.63) is 23.8 Å². The lowest BCUT2D eigenvalue weighted by molar-refractivity contribution is -0.135. The van der Waals surface area contributed by atoms with Gasteiger partial charge in [0.15, 0.2) is 0 Å². The number of carbonyl (C=O) groups excluding carboxylic acids is 2. The van der Waals surface area contributed by atoms with E-state index in [9.17, 15) is 19.7 Å². The van der Waals surface area contributed by atoms with E-state index in [1.54, 1.807) is 27.7 Å². The maximum absolute atomic E-state index is 11.8. The monoisotopic (exact) mass is 338 g/mol. The summed E-state index contributed by atoms with van der Waals surface area (Å²) in [5.74, 6) is -1.46. The van der Waals surface area contributed by atoms with Crippen LogP contribution in [-0.2, 0) is 14.2 Å². The van der Waals surface area contributed by atoms with Gasteiger partial charge in [0.25, 0.3) is 0 Å². The topological polar surface area (TPSA) is 102 Å². The van der Waals surface area contributed by atoms with Gasteiger partial charge in [0.2, 0.25) is 0 Å². The average molecular weight is 338 g/mol. The van der Waals surface area contributed by atoms with Crippen LogP contribution >= 0.6 is 0 Å². The highest BCUT2D eigenvalue weighted by atomic mass is 16.6. The number of aliphatic hydroxyl groups is 1. The minimum atomic E-state index is -1.35. The first-order valence-electron chi connectivity index (χ1n) is 7.38. The van der Waals surface area contributed by atoms with E-state index in [2.05, 4.69) is 4.74 Å². The van der Waals surface area contributed by atoms with Crippen molar-refractivity contribution in [2.24, 2.45) is 0 Å². The summed E-state index contributed by atoms with van der Waals surface area (Å²) in [7, 11) is -0.00398. The Morgan fingerprint density at radius 1 is 1.17 bits per heavy atom. The standard InChI is InChI=1S/C16H23BO7/c1-10(18)23-14(19)12-8-7-11(9-13(12)22-6)17(21)24-16(4,5)15(2,3)20/h7-9,20-21H,1-6H3. The van der Waals surface area contributed by atoms with Crippen molar-refractivity contribution in [3.8, 4) is 5.75 Å². The van der Waals surface area contributed by atoms with Gasteiger partial charge in [-0.15, -0.1) is 0 Å². The number of ether oxygens (including phenoxy) is 2. The molecule has 0 spiro atoms. The highest BCUT2D eigenvalue weighted by Crippen LogP contribution is 2.26. The first kappa shape index (κ1) is 20.2. The van der Waals surface area contributed by atoms with Crippen LogP contribution in [0.2, 0.25) is 0 Å². The Labute approximate surface area is 141 Å². The van der Waals surface area contributed by atoms with Crippen molar-refractivity contribution < 1.29 is 33.8 Å². The summed E-state index contributed by atoms with van der Waals surface area (Å²) in [5.41, 5.74) is -1.86. The fourth-order valence-corrected chi connectivity index (χ4v) is 1.71. The molecular formula is C16H23BO7. The van der Waals surface area contributed by atoms with E-state index in [-0.39, 0.29) is 11.3 Å². The SMILES string of the molecule is COc1cc(B(O)OC(C)(C)C(C)(C)O)ccc1C(=O)OC(C)=O. The second-order valence-electron chi connectivity index (χ2n) is 6.38. The molecule has 0 saturated heterocycles. The van der Waals surface area contributed by atoms with E-state index in [0.29, 0.717) is 5.46 Å². The highest BCUT2D eigenvalue weighted by molar-refractivity contribution is 6.60. The van der Waals surface area contributed by atoms with Gasteiger partial charge in [-0.1, -0.05) is 6.07 Å². The molecule has 132 valence electrons. The normalized spacial score (nSPS) is 11.8. The lowest BCUT2D eigenvalue weighted by Gasteiger charge is -2.38. The van der Waals surface area contributed by atoms with Gasteiger partial charge in [-0.25, -0.2) is 4.79 Å². The third kappa shape index (κ3) is 4.80. The Kier molecular flexibility index (Phi) is 6.16. The Hall–Kier alpha value is -1.90. The summed E-state index contributed by atoms with van der Waals surface area (Å²) in [6.07, 6.45) is 0. The lowest BCUT2D eigenvalue weighted by atomic mass is 9.76. The number of benzene rings is 1. The fourth-order valence-electron chi connectivity index (χ4n) is 1.71. The highest BCUT2D eigenvalue weighted by Gasteiger charge is 2.39. The first-order valence-corrected chi connectivity index (χ1v) is 7.38. The molecule has 1 aromatic rings. The predicted molar refractivity (Wildman–Crippen MR) is 88.2 cm³/mol. The molecule has 7 nitrogen and oxygen atoms in total. The molecule has 24 heavy (non-hydrogen) atoms. The van der Waals surface area contributed by atoms with Gasteiger partial charge in [0, 0.05) is 6.92 Å². The number of rotatable bonds is 6. The van der Waals surface area contributed by atoms with E-state index in [0.717, 1.165) is 6.92 Å². The zero-order valence-corrected chi connectivity index (χ0v) is 14.7. The summed E-state index contributed by atoms with van der Waals surface area (Å²) in [5, 5.41) is 20.3. The van der Waals surface area contributed by atoms with Crippen molar-refractivity contribution in [3.63, 3.8) is 0 Å². The fraction of sp³-hybridized carbons (Fsp3) is 0.500. The quantitative estimate of drug-likeness (QED) is 0.446. The molecule has 0 fully saturated rings. The van der Waals surface area contributed by atoms with E-state index >= 15 is 0 Å². The number of carbonyl (C=O) groups is 2. The summed E-state index contributed by atoms with van der Waals surface area (Å²) in [6.45, 7) is 7.55. The van der Waals surface area contributed by atoms with Gasteiger partial charge >= 0.3 is 19.1 Å². The van der Waals surface area contributed by atoms with Crippen LogP contribution in [0, 0.1) is 0 Å². The maximum atomic E-state index is 11.8. The minimum Gasteiger partial charge on any atom is -0.496 e. The predicted octanol–water partition coefficient (Wildman–Crippen LogP) is 0.652. The van der Waals surface area contributed by atoms with Crippen molar-refractivity contribution >= 4 is 24.5 Å². The molecule has 0 aromatic heterocycles. The van der Waals surface area contributed by atoms with Crippen LogP contribution in [0.5, 0.6) is 5.75 Å². The molecule has 0 atom stereocenters. The third-order valence-electron chi connectivity index (χ3n) is 3.85. The zero-order chi connectivity index (χ0) is 18.7. The van der Waals surface area contributed by atoms with Crippen LogP contribution in [0.3, 0.4) is 0 Å². The van der Waals surface area contributed by atoms with E-state index < -0.39 is 30.3 Å². The van der Waals surface area contributed by atoms with Gasteiger partial charge in [0.1, 0.15) is 11.3 Å². The van der Waals surface area contributed by atoms with Crippen LogP contribution in [0.4, 0.5) is 0 Å². The molecule has 8 heteroatoms. The van der Waals surface area contributed by atoms with Gasteiger partial charge in [0.05, 0.1) is 18.3 Å². The van der Waals surface area contributed by atoms with E-state index in [4.69, 9.17) is 9.39 Å². The Bertz CT molecular complexity index is 619. The number of hydrogen-bond acceptors (Lipinski definition) is 7. The smallest absolute Gasteiger partial charge is 0.491 e. The summed E-state index contributed by atoms with van der Waals surface area (Å²) < 4.78 is 15.2. The van der Waals surface area contributed by atoms with Crippen LogP contribution in [0.25, 0.3) is 0 Å². The van der Waals surface area contributed by atoms with Crippen LogP contribution in [0.1, 0.15) is 45.0 Å². The summed E-state index contributed by atoms with van der Waals surface area (Å²) in [6, 6.07) is 4.22. The maximum Gasteiger partial charge on any atom is 0.491 e. The molecule has 0 aliphatic carbocycles. The van der Waals surface area contributed by atoms with Gasteiger partial charge in [-0.2, -0.15) is 0 Å². The van der Waals surface area contributed by atoms with Crippen molar-refractivity contribution in [2.45, 2.75) is 45.8 Å². The molecular weight excluding hydrogens is 315 g/mol. The average Bonchev–Trinajstić information content (AvgIpc) is 2.44. The second-order valence-corrected chi connectivity index (χ2v) is 6.38. The summed E-state index contributed by atoms with van der Waals surface area (Å²) in [4.78, 5) is 22.7. The van der Waals surface area contributed by atoms with Crippen LogP contribution in [-0.4, -0.2) is 47.5 Å². The largest absolute Gasteiger partial charge is 0.496 e. The lowest BCUT2D eigenvalue weighted by Crippen LogP contribution is -2.53.